The van der Waals surface area contributed by atoms with Crippen molar-refractivity contribution in [3.8, 4) is 5.75 Å². The van der Waals surface area contributed by atoms with E-state index in [2.05, 4.69) is 0 Å². The summed E-state index contributed by atoms with van der Waals surface area (Å²) in [6.45, 7) is 0.489. The van der Waals surface area contributed by atoms with Crippen molar-refractivity contribution in [2.24, 2.45) is 17.6 Å². The van der Waals surface area contributed by atoms with Gasteiger partial charge in [0.1, 0.15) is 5.75 Å². The van der Waals surface area contributed by atoms with Gasteiger partial charge in [0.15, 0.2) is 0 Å². The third kappa shape index (κ3) is 1.23. The molecule has 0 aromatic heterocycles. The number of carbonyl (C=O) groups excluding carboxylic acids is 1. The lowest BCUT2D eigenvalue weighted by molar-refractivity contribution is -0.118. The summed E-state index contributed by atoms with van der Waals surface area (Å²) >= 11 is 0. The van der Waals surface area contributed by atoms with Crippen molar-refractivity contribution in [2.45, 2.75) is 12.5 Å². The summed E-state index contributed by atoms with van der Waals surface area (Å²) in [6, 6.07) is 6.91. The number of aromatic hydroxyl groups is 1. The van der Waals surface area contributed by atoms with E-state index in [0.29, 0.717) is 12.5 Å². The van der Waals surface area contributed by atoms with Gasteiger partial charge in [0.2, 0.25) is 5.91 Å². The Morgan fingerprint density at radius 1 is 1.50 bits per heavy atom. The molecule has 84 valence electrons. The number of nitrogens with zero attached hydrogens (tertiary/aromatic N) is 1. The van der Waals surface area contributed by atoms with Crippen molar-refractivity contribution in [1.82, 2.24) is 0 Å². The summed E-state index contributed by atoms with van der Waals surface area (Å²) in [5, 5.41) is 9.43. The molecule has 4 heteroatoms. The molecule has 1 heterocycles. The van der Waals surface area contributed by atoms with E-state index in [4.69, 9.17) is 5.73 Å². The van der Waals surface area contributed by atoms with Gasteiger partial charge in [-0.05, 0) is 24.5 Å². The summed E-state index contributed by atoms with van der Waals surface area (Å²) in [6.07, 6.45) is 0.982. The van der Waals surface area contributed by atoms with E-state index in [0.717, 1.165) is 12.1 Å². The van der Waals surface area contributed by atoms with Gasteiger partial charge in [-0.25, -0.2) is 0 Å². The van der Waals surface area contributed by atoms with Gasteiger partial charge >= 0.3 is 0 Å². The van der Waals surface area contributed by atoms with Gasteiger partial charge in [-0.3, -0.25) is 4.79 Å². The fourth-order valence-electron chi connectivity index (χ4n) is 2.70. The number of nitrogens with two attached hydrogens (primary N) is 1. The zero-order chi connectivity index (χ0) is 11.3. The Labute approximate surface area is 93.7 Å². The first-order valence-corrected chi connectivity index (χ1v) is 5.54. The predicted octanol–water partition coefficient (Wildman–Crippen LogP) is 0.702. The van der Waals surface area contributed by atoms with Gasteiger partial charge < -0.3 is 15.7 Å². The molecular formula is C12H14N2O2. The van der Waals surface area contributed by atoms with Crippen molar-refractivity contribution >= 4 is 11.6 Å². The van der Waals surface area contributed by atoms with Crippen molar-refractivity contribution in [3.05, 3.63) is 24.3 Å². The molecule has 3 atom stereocenters. The van der Waals surface area contributed by atoms with E-state index in [1.807, 2.05) is 6.07 Å². The van der Waals surface area contributed by atoms with Gasteiger partial charge in [-0.15, -0.1) is 0 Å². The maximum Gasteiger partial charge on any atom is 0.230 e. The van der Waals surface area contributed by atoms with E-state index in [-0.39, 0.29) is 23.6 Å². The summed E-state index contributed by atoms with van der Waals surface area (Å²) in [5.74, 6) is 0.948. The maximum atomic E-state index is 12.0. The number of amides is 1. The molecule has 1 aromatic carbocycles. The number of benzene rings is 1. The molecule has 1 aliphatic carbocycles. The molecule has 0 spiro atoms. The van der Waals surface area contributed by atoms with Gasteiger partial charge in [0, 0.05) is 24.2 Å². The number of phenols is 1. The number of piperidine rings is 1. The van der Waals surface area contributed by atoms with Crippen LogP contribution in [-0.4, -0.2) is 23.6 Å². The fourth-order valence-corrected chi connectivity index (χ4v) is 2.70. The van der Waals surface area contributed by atoms with Crippen LogP contribution in [0.5, 0.6) is 5.75 Å². The highest BCUT2D eigenvalue weighted by atomic mass is 16.3. The van der Waals surface area contributed by atoms with Crippen LogP contribution in [0.15, 0.2) is 24.3 Å². The largest absolute Gasteiger partial charge is 0.508 e. The molecule has 1 amide bonds. The van der Waals surface area contributed by atoms with Crippen LogP contribution in [0, 0.1) is 11.8 Å². The van der Waals surface area contributed by atoms with Crippen molar-refractivity contribution in [1.29, 1.82) is 0 Å². The normalized spacial score (nSPS) is 31.7. The second kappa shape index (κ2) is 3.22. The number of hydrogen-bond donors (Lipinski definition) is 2. The number of phenolic OH excluding ortho intramolecular Hbond substituents is 1. The number of carbonyl (C=O) groups is 1. The van der Waals surface area contributed by atoms with Crippen LogP contribution in [-0.2, 0) is 4.79 Å². The quantitative estimate of drug-likeness (QED) is 0.768. The maximum absolute atomic E-state index is 12.0. The highest BCUT2D eigenvalue weighted by molar-refractivity contribution is 6.01. The molecule has 1 aromatic rings. The number of fused-ring (bicyclic) bond motifs is 1. The van der Waals surface area contributed by atoms with Crippen molar-refractivity contribution in [2.75, 3.05) is 11.4 Å². The Morgan fingerprint density at radius 2 is 2.31 bits per heavy atom. The first-order valence-electron chi connectivity index (χ1n) is 5.54. The summed E-state index contributed by atoms with van der Waals surface area (Å²) in [7, 11) is 0. The minimum absolute atomic E-state index is 0.110. The fraction of sp³-hybridized carbons (Fsp3) is 0.417. The Kier molecular flexibility index (Phi) is 1.94. The first-order chi connectivity index (χ1) is 7.72. The standard InChI is InChI=1S/C12H14N2O2/c13-6-11-9-5-10(9)12(16)14(11)7-2-1-3-8(15)4-7/h1-4,9-11,15H,5-6,13H2. The van der Waals surface area contributed by atoms with Crippen LogP contribution in [0.1, 0.15) is 6.42 Å². The van der Waals surface area contributed by atoms with Crippen LogP contribution in [0.4, 0.5) is 5.69 Å². The third-order valence-corrected chi connectivity index (χ3v) is 3.57. The molecule has 3 N–H and O–H groups in total. The van der Waals surface area contributed by atoms with Crippen molar-refractivity contribution < 1.29 is 9.90 Å². The Morgan fingerprint density at radius 3 is 3.00 bits per heavy atom. The molecule has 16 heavy (non-hydrogen) atoms. The first kappa shape index (κ1) is 9.66. The monoisotopic (exact) mass is 218 g/mol. The molecule has 1 aliphatic heterocycles. The molecule has 1 saturated heterocycles. The molecule has 0 bridgehead atoms. The lowest BCUT2D eigenvalue weighted by atomic mass is 10.1. The average molecular weight is 218 g/mol. The van der Waals surface area contributed by atoms with Gasteiger partial charge in [0.25, 0.3) is 0 Å². The average Bonchev–Trinajstić information content (AvgIpc) is 3.00. The number of rotatable bonds is 2. The molecule has 3 unspecified atom stereocenters. The Bertz CT molecular complexity index is 446. The van der Waals surface area contributed by atoms with Crippen LogP contribution in [0.3, 0.4) is 0 Å². The number of anilines is 1. The Hall–Kier alpha value is -1.55. The van der Waals surface area contributed by atoms with Gasteiger partial charge in [-0.2, -0.15) is 0 Å². The number of hydrogen-bond acceptors (Lipinski definition) is 3. The predicted molar refractivity (Wildman–Crippen MR) is 60.0 cm³/mol. The molecule has 1 saturated carbocycles. The second-order valence-corrected chi connectivity index (χ2v) is 4.54. The van der Waals surface area contributed by atoms with Gasteiger partial charge in [-0.1, -0.05) is 6.07 Å². The van der Waals surface area contributed by atoms with E-state index in [9.17, 15) is 9.90 Å². The molecular weight excluding hydrogens is 204 g/mol. The van der Waals surface area contributed by atoms with E-state index < -0.39 is 0 Å². The Balaban J connectivity index is 1.97. The molecule has 2 fully saturated rings. The van der Waals surface area contributed by atoms with Crippen LogP contribution in [0.2, 0.25) is 0 Å². The van der Waals surface area contributed by atoms with Crippen LogP contribution in [0.25, 0.3) is 0 Å². The van der Waals surface area contributed by atoms with E-state index >= 15 is 0 Å². The molecule has 2 aliphatic rings. The third-order valence-electron chi connectivity index (χ3n) is 3.57. The zero-order valence-corrected chi connectivity index (χ0v) is 8.84. The summed E-state index contributed by atoms with van der Waals surface area (Å²) in [4.78, 5) is 13.8. The summed E-state index contributed by atoms with van der Waals surface area (Å²) < 4.78 is 0. The smallest absolute Gasteiger partial charge is 0.230 e. The van der Waals surface area contributed by atoms with Gasteiger partial charge in [0.05, 0.1) is 6.04 Å². The minimum atomic E-state index is 0.110. The highest BCUT2D eigenvalue weighted by Gasteiger charge is 2.58. The molecule has 0 radical (unpaired) electrons. The second-order valence-electron chi connectivity index (χ2n) is 4.54. The van der Waals surface area contributed by atoms with Crippen molar-refractivity contribution in [3.63, 3.8) is 0 Å². The summed E-state index contributed by atoms with van der Waals surface area (Å²) in [5.41, 5.74) is 6.48. The topological polar surface area (TPSA) is 66.6 Å². The van der Waals surface area contributed by atoms with E-state index in [1.165, 1.54) is 0 Å². The van der Waals surface area contributed by atoms with Crippen LogP contribution < -0.4 is 10.6 Å². The van der Waals surface area contributed by atoms with Crippen LogP contribution >= 0.6 is 0 Å². The molecule has 3 rings (SSSR count). The van der Waals surface area contributed by atoms with E-state index in [1.54, 1.807) is 23.1 Å². The lowest BCUT2D eigenvalue weighted by Crippen LogP contribution is -2.41. The SMILES string of the molecule is NCC1C2CC2C(=O)N1c1cccc(O)c1. The molecule has 4 nitrogen and oxygen atoms in total. The zero-order valence-electron chi connectivity index (χ0n) is 8.84. The highest BCUT2D eigenvalue weighted by Crippen LogP contribution is 2.51. The minimum Gasteiger partial charge on any atom is -0.508 e. The lowest BCUT2D eigenvalue weighted by Gasteiger charge is -2.26.